The number of sulfonamides is 1. The van der Waals surface area contributed by atoms with Gasteiger partial charge in [0, 0.05) is 16.4 Å². The topological polar surface area (TPSA) is 87.3 Å². The molecular formula is C18H22ClN3O3S. The summed E-state index contributed by atoms with van der Waals surface area (Å²) in [5.41, 5.74) is 1.83. The Morgan fingerprint density at radius 3 is 2.31 bits per heavy atom. The van der Waals surface area contributed by atoms with Gasteiger partial charge in [-0.25, -0.2) is 13.2 Å². The molecule has 140 valence electrons. The molecule has 0 aliphatic heterocycles. The number of hydrogen-bond acceptors (Lipinski definition) is 3. The number of amides is 2. The summed E-state index contributed by atoms with van der Waals surface area (Å²) in [4.78, 5) is 12.1. The first kappa shape index (κ1) is 20.1. The molecule has 0 heterocycles. The van der Waals surface area contributed by atoms with Crippen LogP contribution < -0.4 is 15.4 Å². The van der Waals surface area contributed by atoms with Crippen LogP contribution in [0.15, 0.2) is 48.5 Å². The zero-order valence-corrected chi connectivity index (χ0v) is 16.2. The Kier molecular flexibility index (Phi) is 6.88. The predicted octanol–water partition coefficient (Wildman–Crippen LogP) is 4.37. The van der Waals surface area contributed by atoms with Crippen LogP contribution in [0.3, 0.4) is 0 Å². The third kappa shape index (κ3) is 5.93. The lowest BCUT2D eigenvalue weighted by molar-refractivity contribution is 0.249. The monoisotopic (exact) mass is 395 g/mol. The zero-order valence-electron chi connectivity index (χ0n) is 14.6. The molecule has 2 rings (SSSR count). The second-order valence-electron chi connectivity index (χ2n) is 5.84. The van der Waals surface area contributed by atoms with E-state index >= 15 is 0 Å². The average Bonchev–Trinajstić information content (AvgIpc) is 2.56. The number of carbonyl (C=O) groups excluding carboxylic acids is 1. The molecule has 1 atom stereocenters. The fourth-order valence-electron chi connectivity index (χ4n) is 2.39. The second-order valence-corrected chi connectivity index (χ2v) is 8.09. The van der Waals surface area contributed by atoms with Crippen LogP contribution >= 0.6 is 11.6 Å². The number of hydrogen-bond donors (Lipinski definition) is 3. The SMILES string of the molecule is CCCS(=O)(=O)Nc1ccc(NC(=O)NC(C)c2ccccc2Cl)cc1. The van der Waals surface area contributed by atoms with E-state index in [0.717, 1.165) is 5.56 Å². The first-order valence-corrected chi connectivity index (χ1v) is 10.3. The van der Waals surface area contributed by atoms with E-state index in [0.29, 0.717) is 22.8 Å². The van der Waals surface area contributed by atoms with Gasteiger partial charge in [0.05, 0.1) is 11.8 Å². The highest BCUT2D eigenvalue weighted by atomic mass is 35.5. The lowest BCUT2D eigenvalue weighted by Crippen LogP contribution is -2.31. The van der Waals surface area contributed by atoms with Gasteiger partial charge in [0.25, 0.3) is 0 Å². The van der Waals surface area contributed by atoms with Crippen LogP contribution in [-0.4, -0.2) is 20.2 Å². The van der Waals surface area contributed by atoms with Crippen molar-refractivity contribution >= 4 is 39.0 Å². The summed E-state index contributed by atoms with van der Waals surface area (Å²) in [6.45, 7) is 3.64. The maximum atomic E-state index is 12.1. The molecule has 6 nitrogen and oxygen atoms in total. The lowest BCUT2D eigenvalue weighted by atomic mass is 10.1. The Morgan fingerprint density at radius 2 is 1.69 bits per heavy atom. The predicted molar refractivity (Wildman–Crippen MR) is 106 cm³/mol. The summed E-state index contributed by atoms with van der Waals surface area (Å²) < 4.78 is 26.0. The molecule has 2 aromatic carbocycles. The van der Waals surface area contributed by atoms with Crippen LogP contribution in [0.5, 0.6) is 0 Å². The molecule has 0 aliphatic rings. The van der Waals surface area contributed by atoms with E-state index in [1.165, 1.54) is 0 Å². The van der Waals surface area contributed by atoms with Crippen LogP contribution in [0.2, 0.25) is 5.02 Å². The van der Waals surface area contributed by atoms with Crippen molar-refractivity contribution in [3.05, 3.63) is 59.1 Å². The summed E-state index contributed by atoms with van der Waals surface area (Å²) in [7, 11) is -3.33. The molecule has 0 fully saturated rings. The maximum Gasteiger partial charge on any atom is 0.319 e. The molecule has 0 saturated heterocycles. The van der Waals surface area contributed by atoms with E-state index in [-0.39, 0.29) is 17.8 Å². The third-order valence-electron chi connectivity index (χ3n) is 3.61. The summed E-state index contributed by atoms with van der Waals surface area (Å²) >= 11 is 6.13. The van der Waals surface area contributed by atoms with E-state index in [1.807, 2.05) is 25.1 Å². The van der Waals surface area contributed by atoms with Crippen molar-refractivity contribution in [2.75, 3.05) is 15.8 Å². The van der Waals surface area contributed by atoms with E-state index in [9.17, 15) is 13.2 Å². The zero-order chi connectivity index (χ0) is 19.2. The minimum Gasteiger partial charge on any atom is -0.331 e. The van der Waals surface area contributed by atoms with Crippen LogP contribution in [0, 0.1) is 0 Å². The highest BCUT2D eigenvalue weighted by Crippen LogP contribution is 2.22. The smallest absolute Gasteiger partial charge is 0.319 e. The fraction of sp³-hybridized carbons (Fsp3) is 0.278. The molecule has 2 aromatic rings. The first-order chi connectivity index (χ1) is 12.3. The third-order valence-corrected chi connectivity index (χ3v) is 5.44. The van der Waals surface area contributed by atoms with Crippen molar-refractivity contribution in [2.24, 2.45) is 0 Å². The van der Waals surface area contributed by atoms with Gasteiger partial charge in [0.1, 0.15) is 0 Å². The highest BCUT2D eigenvalue weighted by molar-refractivity contribution is 7.92. The van der Waals surface area contributed by atoms with Gasteiger partial charge in [-0.1, -0.05) is 36.7 Å². The Bertz CT molecular complexity index is 854. The molecule has 0 aromatic heterocycles. The van der Waals surface area contributed by atoms with Crippen molar-refractivity contribution < 1.29 is 13.2 Å². The van der Waals surface area contributed by atoms with Crippen molar-refractivity contribution in [2.45, 2.75) is 26.3 Å². The summed E-state index contributed by atoms with van der Waals surface area (Å²) in [5, 5.41) is 6.10. The van der Waals surface area contributed by atoms with E-state index < -0.39 is 10.0 Å². The van der Waals surface area contributed by atoms with Gasteiger partial charge in [0.15, 0.2) is 0 Å². The molecule has 0 spiro atoms. The second kappa shape index (κ2) is 8.91. The van der Waals surface area contributed by atoms with Gasteiger partial charge >= 0.3 is 6.03 Å². The van der Waals surface area contributed by atoms with Gasteiger partial charge in [-0.2, -0.15) is 0 Å². The van der Waals surface area contributed by atoms with Gasteiger partial charge in [-0.15, -0.1) is 0 Å². The molecule has 1 unspecified atom stereocenters. The number of anilines is 2. The van der Waals surface area contributed by atoms with Gasteiger partial charge < -0.3 is 10.6 Å². The van der Waals surface area contributed by atoms with E-state index in [4.69, 9.17) is 11.6 Å². The molecule has 0 radical (unpaired) electrons. The lowest BCUT2D eigenvalue weighted by Gasteiger charge is -2.16. The average molecular weight is 396 g/mol. The van der Waals surface area contributed by atoms with Crippen LogP contribution in [-0.2, 0) is 10.0 Å². The van der Waals surface area contributed by atoms with Crippen molar-refractivity contribution in [3.8, 4) is 0 Å². The number of nitrogens with one attached hydrogen (secondary N) is 3. The van der Waals surface area contributed by atoms with Crippen molar-refractivity contribution in [1.29, 1.82) is 0 Å². The molecule has 0 saturated carbocycles. The Balaban J connectivity index is 1.94. The fourth-order valence-corrected chi connectivity index (χ4v) is 3.82. The molecule has 0 bridgehead atoms. The van der Waals surface area contributed by atoms with Crippen LogP contribution in [0.25, 0.3) is 0 Å². The molecular weight excluding hydrogens is 374 g/mol. The molecule has 2 amide bonds. The van der Waals surface area contributed by atoms with E-state index in [1.54, 1.807) is 37.3 Å². The normalized spacial score (nSPS) is 12.3. The summed E-state index contributed by atoms with van der Waals surface area (Å²) in [6.07, 6.45) is 0.540. The Hall–Kier alpha value is -2.25. The standard InChI is InChI=1S/C18H22ClN3O3S/c1-3-12-26(24,25)22-15-10-8-14(9-11-15)21-18(23)20-13(2)16-6-4-5-7-17(16)19/h4-11,13,22H,3,12H2,1-2H3,(H2,20,21,23). The van der Waals surface area contributed by atoms with Crippen LogP contribution in [0.4, 0.5) is 16.2 Å². The minimum absolute atomic E-state index is 0.0648. The Labute approximate surface area is 159 Å². The number of rotatable bonds is 7. The first-order valence-electron chi connectivity index (χ1n) is 8.23. The van der Waals surface area contributed by atoms with Crippen molar-refractivity contribution in [1.82, 2.24) is 5.32 Å². The minimum atomic E-state index is -3.33. The quantitative estimate of drug-likeness (QED) is 0.650. The number of halogens is 1. The van der Waals surface area contributed by atoms with Gasteiger partial charge in [0.2, 0.25) is 10.0 Å². The molecule has 8 heteroatoms. The number of urea groups is 1. The number of carbonyl (C=O) groups is 1. The summed E-state index contributed by atoms with van der Waals surface area (Å²) in [5.74, 6) is 0.0648. The van der Waals surface area contributed by atoms with Crippen LogP contribution in [0.1, 0.15) is 31.9 Å². The largest absolute Gasteiger partial charge is 0.331 e. The number of benzene rings is 2. The Morgan fingerprint density at radius 1 is 1.08 bits per heavy atom. The molecule has 3 N–H and O–H groups in total. The molecule has 0 aliphatic carbocycles. The maximum absolute atomic E-state index is 12.1. The van der Waals surface area contributed by atoms with E-state index in [2.05, 4.69) is 15.4 Å². The van der Waals surface area contributed by atoms with Crippen molar-refractivity contribution in [3.63, 3.8) is 0 Å². The summed E-state index contributed by atoms with van der Waals surface area (Å²) in [6, 6.07) is 13.1. The van der Waals surface area contributed by atoms with Gasteiger partial charge in [-0.3, -0.25) is 4.72 Å². The molecule has 26 heavy (non-hydrogen) atoms. The highest BCUT2D eigenvalue weighted by Gasteiger charge is 2.13. The van der Waals surface area contributed by atoms with Gasteiger partial charge in [-0.05, 0) is 49.2 Å².